The van der Waals surface area contributed by atoms with Crippen molar-refractivity contribution in [1.82, 2.24) is 4.90 Å². The average Bonchev–Trinajstić information content (AvgIpc) is 3.59. The SMILES string of the molecule is C=CCN(C(=O)C1N([C@H](C)CO)C(=O)[C@@H]2[C@@H](C(=O)N(CC=C)c3ccc(OCC)cc3)[C@@]3(C)CCC12S3)c1ccc(Cl)cc1. The number of carbonyl (C=O) groups excluding carboxylic acids is 3. The zero-order chi connectivity index (χ0) is 31.8. The van der Waals surface area contributed by atoms with Crippen LogP contribution in [0.3, 0.4) is 0 Å². The Kier molecular flexibility index (Phi) is 9.21. The third-order valence-electron chi connectivity index (χ3n) is 9.21. The molecule has 2 aromatic rings. The Morgan fingerprint density at radius 2 is 1.64 bits per heavy atom. The normalized spacial score (nSPS) is 27.5. The fraction of sp³-hybridized carbons (Fsp3) is 0.441. The Bertz CT molecular complexity index is 1440. The van der Waals surface area contributed by atoms with E-state index in [1.165, 1.54) is 0 Å². The third-order valence-corrected chi connectivity index (χ3v) is 11.4. The van der Waals surface area contributed by atoms with Crippen molar-refractivity contribution in [3.8, 4) is 5.75 Å². The maximum absolute atomic E-state index is 14.7. The van der Waals surface area contributed by atoms with Crippen LogP contribution in [0.2, 0.25) is 5.02 Å². The lowest BCUT2D eigenvalue weighted by atomic mass is 9.66. The number of ether oxygens (including phenoxy) is 1. The van der Waals surface area contributed by atoms with Gasteiger partial charge >= 0.3 is 0 Å². The molecule has 2 bridgehead atoms. The van der Waals surface area contributed by atoms with E-state index in [-0.39, 0.29) is 37.4 Å². The van der Waals surface area contributed by atoms with Crippen LogP contribution in [0.1, 0.15) is 33.6 Å². The Labute approximate surface area is 268 Å². The topological polar surface area (TPSA) is 90.4 Å². The van der Waals surface area contributed by atoms with Crippen molar-refractivity contribution < 1.29 is 24.2 Å². The van der Waals surface area contributed by atoms with Gasteiger partial charge in [0.15, 0.2) is 0 Å². The van der Waals surface area contributed by atoms with Gasteiger partial charge in [-0.25, -0.2) is 0 Å². The molecule has 3 amide bonds. The summed E-state index contributed by atoms with van der Waals surface area (Å²) in [5.41, 5.74) is 1.31. The number of aliphatic hydroxyl groups is 1. The van der Waals surface area contributed by atoms with Crippen molar-refractivity contribution >= 4 is 52.5 Å². The second-order valence-corrected chi connectivity index (χ2v) is 14.2. The molecule has 3 aliphatic heterocycles. The van der Waals surface area contributed by atoms with Gasteiger partial charge in [0.25, 0.3) is 5.91 Å². The number of hydrogen-bond acceptors (Lipinski definition) is 6. The summed E-state index contributed by atoms with van der Waals surface area (Å²) in [7, 11) is 0. The maximum Gasteiger partial charge on any atom is 0.251 e. The van der Waals surface area contributed by atoms with Gasteiger partial charge in [0.05, 0.1) is 35.8 Å². The minimum absolute atomic E-state index is 0.172. The van der Waals surface area contributed by atoms with E-state index >= 15 is 0 Å². The lowest BCUT2D eigenvalue weighted by molar-refractivity contribution is -0.142. The molecule has 3 saturated heterocycles. The van der Waals surface area contributed by atoms with Gasteiger partial charge in [-0.3, -0.25) is 14.4 Å². The summed E-state index contributed by atoms with van der Waals surface area (Å²) < 4.78 is 4.20. The molecule has 234 valence electrons. The van der Waals surface area contributed by atoms with Crippen LogP contribution in [0.15, 0.2) is 73.8 Å². The predicted octanol–water partition coefficient (Wildman–Crippen LogP) is 5.34. The van der Waals surface area contributed by atoms with Gasteiger partial charge in [0.2, 0.25) is 11.8 Å². The number of anilines is 2. The van der Waals surface area contributed by atoms with Crippen LogP contribution in [-0.4, -0.2) is 75.6 Å². The molecule has 1 N–H and O–H groups in total. The van der Waals surface area contributed by atoms with Gasteiger partial charge in [0, 0.05) is 34.2 Å². The maximum atomic E-state index is 14.7. The molecule has 0 saturated carbocycles. The van der Waals surface area contributed by atoms with Gasteiger partial charge in [-0.05, 0) is 82.1 Å². The van der Waals surface area contributed by atoms with Crippen LogP contribution in [-0.2, 0) is 14.4 Å². The molecule has 0 radical (unpaired) electrons. The zero-order valence-electron chi connectivity index (χ0n) is 25.4. The Hall–Kier alpha value is -3.27. The molecule has 6 atom stereocenters. The summed E-state index contributed by atoms with van der Waals surface area (Å²) in [6.45, 7) is 14.2. The van der Waals surface area contributed by atoms with Gasteiger partial charge in [-0.15, -0.1) is 24.9 Å². The first-order valence-corrected chi connectivity index (χ1v) is 16.2. The fourth-order valence-electron chi connectivity index (χ4n) is 7.31. The number of amides is 3. The van der Waals surface area contributed by atoms with E-state index in [1.54, 1.807) is 69.8 Å². The summed E-state index contributed by atoms with van der Waals surface area (Å²) >= 11 is 7.75. The van der Waals surface area contributed by atoms with Crippen LogP contribution >= 0.6 is 23.4 Å². The minimum atomic E-state index is -0.874. The van der Waals surface area contributed by atoms with Crippen molar-refractivity contribution in [1.29, 1.82) is 0 Å². The number of nitrogens with zero attached hydrogens (tertiary/aromatic N) is 3. The lowest BCUT2D eigenvalue weighted by Crippen LogP contribution is -2.57. The molecule has 3 aliphatic rings. The number of benzene rings is 2. The van der Waals surface area contributed by atoms with Crippen LogP contribution in [0.25, 0.3) is 0 Å². The smallest absolute Gasteiger partial charge is 0.251 e. The predicted molar refractivity (Wildman–Crippen MR) is 176 cm³/mol. The van der Waals surface area contributed by atoms with Gasteiger partial charge < -0.3 is 24.5 Å². The van der Waals surface area contributed by atoms with Gasteiger partial charge in [0.1, 0.15) is 11.8 Å². The molecule has 1 spiro atoms. The third kappa shape index (κ3) is 5.22. The first kappa shape index (κ1) is 32.1. The number of carbonyl (C=O) groups is 3. The summed E-state index contributed by atoms with van der Waals surface area (Å²) in [5, 5.41) is 10.8. The van der Waals surface area contributed by atoms with Crippen molar-refractivity contribution in [2.24, 2.45) is 11.8 Å². The number of thioether (sulfide) groups is 1. The molecule has 0 aliphatic carbocycles. The number of aliphatic hydroxyl groups excluding tert-OH is 1. The first-order chi connectivity index (χ1) is 21.1. The average molecular weight is 638 g/mol. The summed E-state index contributed by atoms with van der Waals surface area (Å²) in [6.07, 6.45) is 4.60. The highest BCUT2D eigenvalue weighted by molar-refractivity contribution is 8.02. The van der Waals surface area contributed by atoms with Crippen molar-refractivity contribution in [3.63, 3.8) is 0 Å². The second kappa shape index (κ2) is 12.6. The zero-order valence-corrected chi connectivity index (χ0v) is 27.0. The highest BCUT2D eigenvalue weighted by Gasteiger charge is 2.78. The van der Waals surface area contributed by atoms with Crippen LogP contribution in [0.4, 0.5) is 11.4 Å². The molecule has 10 heteroatoms. The van der Waals surface area contributed by atoms with E-state index < -0.39 is 33.4 Å². The van der Waals surface area contributed by atoms with E-state index in [2.05, 4.69) is 13.2 Å². The van der Waals surface area contributed by atoms with Gasteiger partial charge in [-0.2, -0.15) is 0 Å². The summed E-state index contributed by atoms with van der Waals surface area (Å²) in [4.78, 5) is 48.7. The minimum Gasteiger partial charge on any atom is -0.494 e. The molecular weight excluding hydrogens is 598 g/mol. The fourth-order valence-corrected chi connectivity index (χ4v) is 9.77. The summed E-state index contributed by atoms with van der Waals surface area (Å²) in [6, 6.07) is 12.8. The van der Waals surface area contributed by atoms with Crippen molar-refractivity contribution in [2.45, 2.75) is 55.2 Å². The number of hydrogen-bond donors (Lipinski definition) is 1. The van der Waals surface area contributed by atoms with E-state index in [0.29, 0.717) is 41.6 Å². The number of halogens is 1. The number of fused-ring (bicyclic) bond motifs is 1. The van der Waals surface area contributed by atoms with E-state index in [9.17, 15) is 19.5 Å². The molecule has 2 aromatic carbocycles. The molecule has 44 heavy (non-hydrogen) atoms. The van der Waals surface area contributed by atoms with E-state index in [0.717, 1.165) is 0 Å². The number of likely N-dealkylation sites (tertiary alicyclic amines) is 1. The summed E-state index contributed by atoms with van der Waals surface area (Å²) in [5.74, 6) is -1.40. The van der Waals surface area contributed by atoms with Crippen molar-refractivity contribution in [2.75, 3.05) is 36.1 Å². The van der Waals surface area contributed by atoms with E-state index in [4.69, 9.17) is 16.3 Å². The van der Waals surface area contributed by atoms with Crippen LogP contribution in [0, 0.1) is 11.8 Å². The number of rotatable bonds is 12. The largest absolute Gasteiger partial charge is 0.494 e. The van der Waals surface area contributed by atoms with E-state index in [1.807, 2.05) is 38.1 Å². The van der Waals surface area contributed by atoms with Gasteiger partial charge in [-0.1, -0.05) is 23.8 Å². The first-order valence-electron chi connectivity index (χ1n) is 15.0. The Morgan fingerprint density at radius 1 is 1.07 bits per heavy atom. The lowest BCUT2D eigenvalue weighted by Gasteiger charge is -2.39. The Balaban J connectivity index is 1.57. The second-order valence-electron chi connectivity index (χ2n) is 11.9. The molecule has 2 unspecified atom stereocenters. The molecule has 3 heterocycles. The standard InChI is InChI=1S/C34H40ClN3O5S/c1-6-19-36(25-13-15-26(16-14-25)43-8-3)30(40)27-28-31(41)38(22(4)21-39)29(34(28)18-17-33(27,5)44-34)32(42)37(20-7-2)24-11-9-23(35)10-12-24/h6-7,9-16,22,27-29,39H,1-2,8,17-21H2,3-5H3/t22-,27+,28+,29?,33-,34?/m1/s1. The quantitative estimate of drug-likeness (QED) is 0.316. The van der Waals surface area contributed by atoms with Crippen molar-refractivity contribution in [3.05, 3.63) is 78.9 Å². The Morgan fingerprint density at radius 3 is 2.18 bits per heavy atom. The van der Waals surface area contributed by atoms with Crippen LogP contribution < -0.4 is 14.5 Å². The molecule has 5 rings (SSSR count). The highest BCUT2D eigenvalue weighted by atomic mass is 35.5. The highest BCUT2D eigenvalue weighted by Crippen LogP contribution is 2.72. The molecule has 0 aromatic heterocycles. The van der Waals surface area contributed by atoms with Crippen LogP contribution in [0.5, 0.6) is 5.75 Å². The monoisotopic (exact) mass is 637 g/mol. The molecule has 3 fully saturated rings. The molecule has 8 nitrogen and oxygen atoms in total. The molecular formula is C34H40ClN3O5S.